The highest BCUT2D eigenvalue weighted by Gasteiger charge is 2.21. The van der Waals surface area contributed by atoms with E-state index in [1.165, 1.54) is 0 Å². The molecule has 0 fully saturated rings. The number of methoxy groups -OCH3 is 1. The molecule has 1 N–H and O–H groups in total. The van der Waals surface area contributed by atoms with E-state index in [1.807, 2.05) is 12.1 Å². The van der Waals surface area contributed by atoms with Gasteiger partial charge in [-0.05, 0) is 40.5 Å². The minimum Gasteiger partial charge on any atom is -0.465 e. The molecular weight excluding hydrogens is 334 g/mol. The molecule has 0 saturated carbocycles. The Morgan fingerprint density at radius 1 is 1.53 bits per heavy atom. The average Bonchev–Trinajstić information content (AvgIpc) is 2.38. The van der Waals surface area contributed by atoms with E-state index in [1.54, 1.807) is 20.1 Å². The van der Waals surface area contributed by atoms with Crippen LogP contribution in [0.1, 0.15) is 18.5 Å². The van der Waals surface area contributed by atoms with Crippen molar-refractivity contribution < 1.29 is 14.3 Å². The maximum Gasteiger partial charge on any atom is 0.327 e. The van der Waals surface area contributed by atoms with E-state index < -0.39 is 6.04 Å². The Bertz CT molecular complexity index is 428. The molecule has 19 heavy (non-hydrogen) atoms. The number of rotatable bonds is 7. The number of hydrogen-bond acceptors (Lipinski definition) is 4. The van der Waals surface area contributed by atoms with Gasteiger partial charge in [-0.3, -0.25) is 5.32 Å². The predicted molar refractivity (Wildman–Crippen MR) is 78.4 cm³/mol. The van der Waals surface area contributed by atoms with Crippen LogP contribution < -0.4 is 5.32 Å². The molecular formula is C13H17BrClNO3. The van der Waals surface area contributed by atoms with Gasteiger partial charge >= 0.3 is 5.97 Å². The smallest absolute Gasteiger partial charge is 0.327 e. The molecule has 0 spiro atoms. The van der Waals surface area contributed by atoms with Crippen LogP contribution >= 0.6 is 27.5 Å². The Kier molecular flexibility index (Phi) is 7.38. The molecule has 0 bridgehead atoms. The van der Waals surface area contributed by atoms with Gasteiger partial charge in [-0.15, -0.1) is 0 Å². The van der Waals surface area contributed by atoms with Gasteiger partial charge in [0, 0.05) is 18.1 Å². The van der Waals surface area contributed by atoms with Crippen LogP contribution in [0, 0.1) is 0 Å². The van der Waals surface area contributed by atoms with Crippen molar-refractivity contribution in [3.63, 3.8) is 0 Å². The quantitative estimate of drug-likeness (QED) is 0.607. The number of halogens is 2. The van der Waals surface area contributed by atoms with Gasteiger partial charge < -0.3 is 9.47 Å². The molecule has 0 radical (unpaired) electrons. The van der Waals surface area contributed by atoms with Crippen molar-refractivity contribution in [2.45, 2.75) is 13.0 Å². The second kappa shape index (κ2) is 8.53. The molecule has 4 nitrogen and oxygen atoms in total. The molecule has 0 amide bonds. The molecule has 106 valence electrons. The van der Waals surface area contributed by atoms with Crippen molar-refractivity contribution in [1.29, 1.82) is 0 Å². The fraction of sp³-hybridized carbons (Fsp3) is 0.462. The molecule has 6 heteroatoms. The van der Waals surface area contributed by atoms with Gasteiger partial charge in [0.15, 0.2) is 0 Å². The minimum absolute atomic E-state index is 0.322. The van der Waals surface area contributed by atoms with Crippen molar-refractivity contribution in [2.24, 2.45) is 0 Å². The van der Waals surface area contributed by atoms with Crippen LogP contribution in [0.15, 0.2) is 22.7 Å². The molecule has 0 aliphatic rings. The van der Waals surface area contributed by atoms with Crippen molar-refractivity contribution in [2.75, 3.05) is 26.9 Å². The van der Waals surface area contributed by atoms with Crippen LogP contribution in [0.5, 0.6) is 0 Å². The molecule has 1 aromatic rings. The summed E-state index contributed by atoms with van der Waals surface area (Å²) in [4.78, 5) is 12.0. The van der Waals surface area contributed by atoms with Gasteiger partial charge in [-0.1, -0.05) is 17.7 Å². The number of carbonyl (C=O) groups is 1. The van der Waals surface area contributed by atoms with E-state index in [4.69, 9.17) is 21.1 Å². The third kappa shape index (κ3) is 5.10. The summed E-state index contributed by atoms with van der Waals surface area (Å²) in [6.45, 7) is 3.18. The predicted octanol–water partition coefficient (Wildman–Crippen LogP) is 2.94. The SMILES string of the molecule is CCOC(=O)C(NCCOC)c1ccc(Br)c(Cl)c1. The van der Waals surface area contributed by atoms with Crippen molar-refractivity contribution in [3.05, 3.63) is 33.3 Å². The zero-order valence-corrected chi connectivity index (χ0v) is 13.3. The summed E-state index contributed by atoms with van der Waals surface area (Å²) in [6.07, 6.45) is 0. The van der Waals surface area contributed by atoms with Crippen molar-refractivity contribution in [3.8, 4) is 0 Å². The van der Waals surface area contributed by atoms with Crippen LogP contribution in [-0.4, -0.2) is 32.8 Å². The first-order valence-electron chi connectivity index (χ1n) is 5.94. The summed E-state index contributed by atoms with van der Waals surface area (Å²) in [5.74, 6) is -0.322. The zero-order valence-electron chi connectivity index (χ0n) is 10.9. The van der Waals surface area contributed by atoms with E-state index in [-0.39, 0.29) is 5.97 Å². The third-order valence-corrected chi connectivity index (χ3v) is 3.69. The lowest BCUT2D eigenvalue weighted by atomic mass is 10.1. The van der Waals surface area contributed by atoms with Gasteiger partial charge in [0.25, 0.3) is 0 Å². The van der Waals surface area contributed by atoms with Crippen molar-refractivity contribution >= 4 is 33.5 Å². The maximum absolute atomic E-state index is 12.0. The summed E-state index contributed by atoms with van der Waals surface area (Å²) in [5.41, 5.74) is 0.766. The number of hydrogen-bond donors (Lipinski definition) is 1. The summed E-state index contributed by atoms with van der Waals surface area (Å²) in [5, 5.41) is 3.65. The largest absolute Gasteiger partial charge is 0.465 e. The molecule has 1 unspecified atom stereocenters. The fourth-order valence-corrected chi connectivity index (χ4v) is 2.00. The molecule has 0 heterocycles. The van der Waals surface area contributed by atoms with Gasteiger partial charge in [-0.2, -0.15) is 0 Å². The van der Waals surface area contributed by atoms with Crippen LogP contribution in [0.3, 0.4) is 0 Å². The summed E-state index contributed by atoms with van der Waals surface area (Å²) in [7, 11) is 1.61. The molecule has 1 atom stereocenters. The Labute approximate surface area is 126 Å². The Morgan fingerprint density at radius 2 is 2.26 bits per heavy atom. The van der Waals surface area contributed by atoms with Gasteiger partial charge in [-0.25, -0.2) is 4.79 Å². The third-order valence-electron chi connectivity index (χ3n) is 2.45. The highest BCUT2D eigenvalue weighted by Crippen LogP contribution is 2.26. The van der Waals surface area contributed by atoms with E-state index in [2.05, 4.69) is 21.2 Å². The number of ether oxygens (including phenoxy) is 2. The maximum atomic E-state index is 12.0. The molecule has 0 aromatic heterocycles. The normalized spacial score (nSPS) is 12.2. The lowest BCUT2D eigenvalue weighted by molar-refractivity contribution is -0.145. The van der Waals surface area contributed by atoms with Crippen LogP contribution in [0.4, 0.5) is 0 Å². The van der Waals surface area contributed by atoms with Crippen LogP contribution in [0.25, 0.3) is 0 Å². The Balaban J connectivity index is 2.87. The summed E-state index contributed by atoms with van der Waals surface area (Å²) in [6, 6.07) is 4.84. The summed E-state index contributed by atoms with van der Waals surface area (Å²) >= 11 is 9.37. The Hall–Kier alpha value is -0.620. The summed E-state index contributed by atoms with van der Waals surface area (Å²) < 4.78 is 10.8. The molecule has 0 saturated heterocycles. The minimum atomic E-state index is -0.541. The molecule has 0 aliphatic carbocycles. The van der Waals surface area contributed by atoms with Gasteiger partial charge in [0.1, 0.15) is 6.04 Å². The molecule has 1 rings (SSSR count). The van der Waals surface area contributed by atoms with E-state index in [9.17, 15) is 4.79 Å². The number of benzene rings is 1. The fourth-order valence-electron chi connectivity index (χ4n) is 1.56. The van der Waals surface area contributed by atoms with E-state index >= 15 is 0 Å². The molecule has 0 aliphatic heterocycles. The molecule has 1 aromatic carbocycles. The monoisotopic (exact) mass is 349 g/mol. The highest BCUT2D eigenvalue weighted by atomic mass is 79.9. The average molecular weight is 351 g/mol. The van der Waals surface area contributed by atoms with E-state index in [0.717, 1.165) is 10.0 Å². The first-order chi connectivity index (χ1) is 9.10. The lowest BCUT2D eigenvalue weighted by Crippen LogP contribution is -2.32. The number of nitrogens with one attached hydrogen (secondary N) is 1. The zero-order chi connectivity index (χ0) is 14.3. The van der Waals surface area contributed by atoms with E-state index in [0.29, 0.717) is 24.8 Å². The second-order valence-corrected chi connectivity index (χ2v) is 5.07. The second-order valence-electron chi connectivity index (χ2n) is 3.81. The van der Waals surface area contributed by atoms with Crippen LogP contribution in [0.2, 0.25) is 5.02 Å². The number of esters is 1. The standard InChI is InChI=1S/C13H17BrClNO3/c1-3-19-13(17)12(16-6-7-18-2)9-4-5-10(14)11(15)8-9/h4-5,8,12,16H,3,6-7H2,1-2H3. The number of carbonyl (C=O) groups excluding carboxylic acids is 1. The first kappa shape index (κ1) is 16.4. The topological polar surface area (TPSA) is 47.6 Å². The lowest BCUT2D eigenvalue weighted by Gasteiger charge is -2.18. The van der Waals surface area contributed by atoms with Crippen molar-refractivity contribution in [1.82, 2.24) is 5.32 Å². The van der Waals surface area contributed by atoms with Gasteiger partial charge in [0.2, 0.25) is 0 Å². The van der Waals surface area contributed by atoms with Gasteiger partial charge in [0.05, 0.1) is 18.2 Å². The Morgan fingerprint density at radius 3 is 2.84 bits per heavy atom. The highest BCUT2D eigenvalue weighted by molar-refractivity contribution is 9.10. The van der Waals surface area contributed by atoms with Crippen LogP contribution in [-0.2, 0) is 14.3 Å². The first-order valence-corrected chi connectivity index (χ1v) is 7.11.